The van der Waals surface area contributed by atoms with Crippen molar-refractivity contribution < 1.29 is 96.5 Å². The van der Waals surface area contributed by atoms with E-state index in [1.54, 1.807) is 0 Å². The number of aliphatic hydroxyl groups is 2. The van der Waals surface area contributed by atoms with E-state index in [2.05, 4.69) is 115 Å². The van der Waals surface area contributed by atoms with Gasteiger partial charge < -0.3 is 128 Å². The summed E-state index contributed by atoms with van der Waals surface area (Å²) in [6, 6.07) is -7.64. The zero-order valence-corrected chi connectivity index (χ0v) is 70.4. The highest BCUT2D eigenvalue weighted by Gasteiger charge is 2.46. The molecule has 1 aromatic rings. The summed E-state index contributed by atoms with van der Waals surface area (Å²) in [5, 5.41) is 58.7. The molecule has 46 nitrogen and oxygen atoms in total. The van der Waals surface area contributed by atoms with Crippen molar-refractivity contribution in [1.29, 1.82) is 0 Å². The van der Waals surface area contributed by atoms with Crippen LogP contribution < -0.4 is 103 Å². The van der Waals surface area contributed by atoms with E-state index in [1.807, 2.05) is 37.3 Å². The van der Waals surface area contributed by atoms with Gasteiger partial charge in [-0.15, -0.1) is 0 Å². The molecule has 48 heteroatoms. The lowest BCUT2D eigenvalue weighted by Crippen LogP contribution is -2.60. The molecular weight excluding hydrogens is 1640 g/mol. The lowest BCUT2D eigenvalue weighted by Gasteiger charge is -2.31. The van der Waals surface area contributed by atoms with E-state index in [4.69, 9.17) is 34.2 Å². The zero-order chi connectivity index (χ0) is 90.4. The third-order valence-corrected chi connectivity index (χ3v) is 20.7. The van der Waals surface area contributed by atoms with Crippen molar-refractivity contribution in [3.63, 3.8) is 0 Å². The number of unbranched alkanes of at least 4 members (excludes halogenated alkanes) is 3. The Bertz CT molecular complexity index is 3830. The van der Waals surface area contributed by atoms with Gasteiger partial charge in [-0.25, -0.2) is 0 Å². The average molecular weight is 1760 g/mol. The Morgan fingerprint density at radius 3 is 1.66 bits per heavy atom. The van der Waals surface area contributed by atoms with Crippen LogP contribution in [0.1, 0.15) is 135 Å². The van der Waals surface area contributed by atoms with Crippen LogP contribution >= 0.6 is 25.3 Å². The second-order valence-electron chi connectivity index (χ2n) is 29.3. The summed E-state index contributed by atoms with van der Waals surface area (Å²) in [5.41, 5.74) is 37.4. The number of nitrogens with two attached hydrogens (primary N) is 5. The number of carbonyl (C=O) groups is 18. The number of rotatable bonds is 56. The van der Waals surface area contributed by atoms with Crippen LogP contribution in [0.25, 0.3) is 10.4 Å². The van der Waals surface area contributed by atoms with Gasteiger partial charge in [0.15, 0.2) is 5.96 Å². The molecule has 3 aliphatic heterocycles. The van der Waals surface area contributed by atoms with Crippen molar-refractivity contribution in [3.8, 4) is 0 Å². The predicted molar refractivity (Wildman–Crippen MR) is 446 cm³/mol. The fourth-order valence-electron chi connectivity index (χ4n) is 13.4. The highest BCUT2D eigenvalue weighted by Crippen LogP contribution is 2.25. The molecule has 0 aromatic heterocycles. The number of azide groups is 1. The number of aliphatic imine (C=N–C) groups is 1. The van der Waals surface area contributed by atoms with Gasteiger partial charge in [0.25, 0.3) is 0 Å². The molecule has 122 heavy (non-hydrogen) atoms. The molecule has 0 bridgehead atoms. The number of carbonyl (C=O) groups excluding carboxylic acids is 18. The lowest BCUT2D eigenvalue weighted by atomic mass is 10.1. The van der Waals surface area contributed by atoms with Crippen molar-refractivity contribution >= 4 is 138 Å². The molecule has 1 aromatic carbocycles. The normalized spacial score (nSPS) is 17.5. The molecule has 18 amide bonds. The fraction of sp³-hybridized carbons (Fsp3) is 0.662. The zero-order valence-electron chi connectivity index (χ0n) is 68.6. The number of benzene rings is 1. The fourth-order valence-corrected chi connectivity index (χ4v) is 13.9. The first-order valence-corrected chi connectivity index (χ1v) is 41.8. The lowest BCUT2D eigenvalue weighted by molar-refractivity contribution is -0.143. The van der Waals surface area contributed by atoms with Gasteiger partial charge in [0, 0.05) is 61.6 Å². The maximum Gasteiger partial charge on any atom is 0.246 e. The number of nitrogens with one attached hydrogen (secondary N) is 14. The highest BCUT2D eigenvalue weighted by molar-refractivity contribution is 7.80. The number of guanidine groups is 1. The van der Waals surface area contributed by atoms with Crippen molar-refractivity contribution in [2.24, 2.45) is 38.8 Å². The SMILES string of the molecule is CCCC[C@@H](NC(=O)[C@@H]1CCCN1C(=O)CNC(=O)[C@H](CCCCN)NC(=O)[C@H](CS)NC(=O)[C@H](CO)N1C(=O)[C@@H](NC(=O)[C@H](CS)NC(=O)[C@@H]2CCCN2C(=O)[C@H](CCCN=C(N)N)NC(=O)[C@H](CCC(N)=O)NC(=O)[C@H](CO)NC(=O)CNC(=O)CNC(=O)CNC(=O)CNC(=O)[C@@H](N)CCCCN=[N+]=[N-])CC1C)C(=O)NCCc1ccccc1. The summed E-state index contributed by atoms with van der Waals surface area (Å²) < 4.78 is 0. The Labute approximate surface area is 716 Å². The summed E-state index contributed by atoms with van der Waals surface area (Å²) in [6.45, 7) is -0.985. The number of hydrogen-bond donors (Lipinski definition) is 23. The minimum atomic E-state index is -1.81. The number of amides is 18. The van der Waals surface area contributed by atoms with E-state index >= 15 is 0 Å². The van der Waals surface area contributed by atoms with E-state index < -0.39 is 238 Å². The van der Waals surface area contributed by atoms with Crippen LogP contribution in [-0.2, 0) is 92.7 Å². The van der Waals surface area contributed by atoms with E-state index in [0.717, 1.165) is 21.8 Å². The smallest absolute Gasteiger partial charge is 0.246 e. The number of aliphatic hydroxyl groups excluding tert-OH is 2. The molecule has 3 fully saturated rings. The van der Waals surface area contributed by atoms with Gasteiger partial charge in [-0.05, 0) is 121 Å². The molecular formula is C74H120N26O20S2. The van der Waals surface area contributed by atoms with Crippen molar-refractivity contribution in [2.45, 2.75) is 214 Å². The average Bonchev–Trinajstić information content (AvgIpc) is 1.65. The van der Waals surface area contributed by atoms with Crippen LogP contribution in [0, 0.1) is 0 Å². The van der Waals surface area contributed by atoms with Gasteiger partial charge in [-0.1, -0.05) is 61.6 Å². The molecule has 4 rings (SSSR count). The van der Waals surface area contributed by atoms with Crippen LogP contribution in [0.5, 0.6) is 0 Å². The Balaban J connectivity index is 1.35. The minimum Gasteiger partial charge on any atom is -0.394 e. The Morgan fingerprint density at radius 1 is 0.549 bits per heavy atom. The van der Waals surface area contributed by atoms with Gasteiger partial charge in [0.1, 0.15) is 66.5 Å². The molecule has 0 spiro atoms. The van der Waals surface area contributed by atoms with E-state index in [0.29, 0.717) is 64.3 Å². The Kier molecular flexibility index (Phi) is 47.1. The van der Waals surface area contributed by atoms with Gasteiger partial charge in [0.2, 0.25) is 106 Å². The number of hydrogen-bond acceptors (Lipinski definition) is 26. The summed E-state index contributed by atoms with van der Waals surface area (Å²) >= 11 is 8.57. The van der Waals surface area contributed by atoms with Gasteiger partial charge in [-0.2, -0.15) is 25.3 Å². The van der Waals surface area contributed by atoms with Crippen LogP contribution in [0.15, 0.2) is 40.4 Å². The number of primary amides is 1. The molecule has 1 unspecified atom stereocenters. The number of likely N-dealkylation sites (tertiary alicyclic amines) is 3. The monoisotopic (exact) mass is 1760 g/mol. The minimum absolute atomic E-state index is 0.0242. The van der Waals surface area contributed by atoms with Gasteiger partial charge in [0.05, 0.1) is 52.0 Å². The van der Waals surface area contributed by atoms with E-state index in [1.165, 1.54) is 11.8 Å². The summed E-state index contributed by atoms with van der Waals surface area (Å²) in [7, 11) is 0. The Morgan fingerprint density at radius 2 is 1.07 bits per heavy atom. The van der Waals surface area contributed by atoms with Crippen LogP contribution in [0.3, 0.4) is 0 Å². The second-order valence-corrected chi connectivity index (χ2v) is 30.0. The summed E-state index contributed by atoms with van der Waals surface area (Å²) in [5.74, 6) is -16.2. The van der Waals surface area contributed by atoms with Crippen molar-refractivity contribution in [1.82, 2.24) is 89.1 Å². The van der Waals surface area contributed by atoms with E-state index in [-0.39, 0.29) is 101 Å². The van der Waals surface area contributed by atoms with Crippen molar-refractivity contribution in [2.75, 3.05) is 96.7 Å². The largest absolute Gasteiger partial charge is 0.394 e. The first-order chi connectivity index (χ1) is 58.2. The standard InChI is InChI=1S/C74H120N26O20S2/c1-3-4-18-45(63(110)81-29-25-43-15-6-5-7-16-43)92-69(116)53-21-13-30-98(53)61(108)37-87-64(111)46(19-8-10-26-75)90-67(114)51(40-121)96-71(118)55(39-102)100-42(2)32-49(73(100)120)94-68(115)52(41-122)95-70(117)54-22-14-31-99(54)72(119)48(20-12-27-82-74(78)79)93-65(112)47(23-24-56(77)103)91-66(113)50(38-101)89-60(107)36-85-58(105)34-83-57(104)33-84-59(106)35-86-62(109)44(76)17-9-11-28-88-97-80/h5-7,15-16,42,44-55,101-102,121-122H,3-4,8-14,17-41,75-76H2,1-2H3,(H2,77,103)(H,81,110)(H,83,104)(H,84,106)(H,85,105)(H,86,109)(H,87,111)(H,89,107)(H,90,114)(H,91,113)(H,92,116)(H,93,112)(H,94,115)(H,95,117)(H,96,118)(H4,78,79,82)/t42?,44-,45+,46-,47-,48-,49-,50-,51-,52-,53-,54-,55-/m0/s1. The molecule has 0 radical (unpaired) electrons. The molecule has 13 atom stereocenters. The maximum absolute atomic E-state index is 14.7. The first kappa shape index (κ1) is 103. The first-order valence-electron chi connectivity index (χ1n) is 40.5. The van der Waals surface area contributed by atoms with Gasteiger partial charge in [-0.3, -0.25) is 91.3 Å². The molecule has 678 valence electrons. The molecule has 3 saturated heterocycles. The van der Waals surface area contributed by atoms with Crippen LogP contribution in [0.2, 0.25) is 0 Å². The molecule has 3 aliphatic rings. The summed E-state index contributed by atoms with van der Waals surface area (Å²) in [6.07, 6.45) is 4.05. The van der Waals surface area contributed by atoms with Crippen LogP contribution in [0.4, 0.5) is 0 Å². The molecule has 0 saturated carbocycles. The molecule has 3 heterocycles. The Hall–Kier alpha value is -11.2. The third kappa shape index (κ3) is 35.8. The highest BCUT2D eigenvalue weighted by atomic mass is 32.1. The third-order valence-electron chi connectivity index (χ3n) is 20.0. The topological polar surface area (TPSA) is 717 Å². The van der Waals surface area contributed by atoms with Gasteiger partial charge >= 0.3 is 0 Å². The number of nitrogens with zero attached hydrogens (tertiary/aromatic N) is 7. The summed E-state index contributed by atoms with van der Waals surface area (Å²) in [4.78, 5) is 252. The van der Waals surface area contributed by atoms with E-state index in [9.17, 15) is 96.5 Å². The van der Waals surface area contributed by atoms with Crippen LogP contribution in [-0.4, -0.2) is 312 Å². The van der Waals surface area contributed by atoms with Crippen molar-refractivity contribution in [3.05, 3.63) is 46.3 Å². The molecule has 0 aliphatic carbocycles. The quantitative estimate of drug-likeness (QED) is 0.00548. The molecule has 26 N–H and O–H groups in total. The predicted octanol–water partition coefficient (Wildman–Crippen LogP) is -8.93. The second kappa shape index (κ2) is 55.7. The maximum atomic E-state index is 14.7. The number of thiol groups is 2.